The van der Waals surface area contributed by atoms with Crippen LogP contribution in [-0.4, -0.2) is 44.3 Å². The third kappa shape index (κ3) is 7.36. The van der Waals surface area contributed by atoms with Gasteiger partial charge in [0.15, 0.2) is 0 Å². The van der Waals surface area contributed by atoms with Crippen LogP contribution in [0.5, 0.6) is 0 Å². The summed E-state index contributed by atoms with van der Waals surface area (Å²) < 4.78 is 28.6. The quantitative estimate of drug-likeness (QED) is 0.357. The van der Waals surface area contributed by atoms with E-state index in [9.17, 15) is 18.0 Å². The summed E-state index contributed by atoms with van der Waals surface area (Å²) in [4.78, 5) is 28.2. The van der Waals surface area contributed by atoms with Gasteiger partial charge in [-0.15, -0.1) is 0 Å². The fourth-order valence-corrected chi connectivity index (χ4v) is 5.50. The van der Waals surface area contributed by atoms with Gasteiger partial charge in [-0.3, -0.25) is 13.9 Å². The van der Waals surface area contributed by atoms with Crippen molar-refractivity contribution in [1.29, 1.82) is 0 Å². The average Bonchev–Trinajstić information content (AvgIpc) is 2.89. The zero-order valence-corrected chi connectivity index (χ0v) is 23.7. The highest BCUT2D eigenvalue weighted by molar-refractivity contribution is 7.92. The Morgan fingerprint density at radius 1 is 0.947 bits per heavy atom. The summed E-state index contributed by atoms with van der Waals surface area (Å²) in [5.74, 6) is -0.802. The molecule has 0 aromatic heterocycles. The zero-order valence-electron chi connectivity index (χ0n) is 22.1. The van der Waals surface area contributed by atoms with Crippen molar-refractivity contribution in [1.82, 2.24) is 10.2 Å². The molecule has 7 nitrogen and oxygen atoms in total. The molecule has 1 atom stereocenters. The monoisotopic (exact) mass is 555 g/mol. The highest BCUT2D eigenvalue weighted by atomic mass is 35.5. The van der Waals surface area contributed by atoms with Crippen molar-refractivity contribution >= 4 is 39.1 Å². The lowest BCUT2D eigenvalue weighted by molar-refractivity contribution is -0.139. The number of rotatable bonds is 11. The van der Waals surface area contributed by atoms with E-state index in [4.69, 9.17) is 11.6 Å². The van der Waals surface area contributed by atoms with Gasteiger partial charge in [0.1, 0.15) is 12.6 Å². The normalized spacial score (nSPS) is 12.0. The second kappa shape index (κ2) is 12.9. The van der Waals surface area contributed by atoms with Crippen LogP contribution in [0.3, 0.4) is 0 Å². The lowest BCUT2D eigenvalue weighted by Crippen LogP contribution is -2.51. The molecule has 3 aromatic carbocycles. The molecule has 9 heteroatoms. The highest BCUT2D eigenvalue weighted by Crippen LogP contribution is 2.26. The van der Waals surface area contributed by atoms with E-state index in [1.165, 1.54) is 17.0 Å². The van der Waals surface area contributed by atoms with E-state index in [1.807, 2.05) is 45.0 Å². The van der Waals surface area contributed by atoms with Crippen LogP contribution in [0.15, 0.2) is 77.7 Å². The number of hydrogen-bond donors (Lipinski definition) is 1. The molecular weight excluding hydrogens is 522 g/mol. The molecule has 202 valence electrons. The average molecular weight is 556 g/mol. The van der Waals surface area contributed by atoms with Crippen molar-refractivity contribution in [2.24, 2.45) is 0 Å². The fraction of sp³-hybridized carbons (Fsp3) is 0.310. The highest BCUT2D eigenvalue weighted by Gasteiger charge is 2.32. The van der Waals surface area contributed by atoms with Crippen LogP contribution < -0.4 is 9.62 Å². The van der Waals surface area contributed by atoms with E-state index < -0.39 is 28.5 Å². The summed E-state index contributed by atoms with van der Waals surface area (Å²) in [6.07, 6.45) is 0.753. The predicted octanol–water partition coefficient (Wildman–Crippen LogP) is 5.10. The van der Waals surface area contributed by atoms with E-state index in [0.29, 0.717) is 17.3 Å². The van der Waals surface area contributed by atoms with Gasteiger partial charge in [-0.25, -0.2) is 8.42 Å². The minimum Gasteiger partial charge on any atom is -0.354 e. The van der Waals surface area contributed by atoms with E-state index in [0.717, 1.165) is 27.4 Å². The van der Waals surface area contributed by atoms with Crippen molar-refractivity contribution in [3.63, 3.8) is 0 Å². The molecular formula is C29H34ClN3O4S. The summed E-state index contributed by atoms with van der Waals surface area (Å²) >= 11 is 6.05. The van der Waals surface area contributed by atoms with Gasteiger partial charge in [0.2, 0.25) is 11.8 Å². The minimum atomic E-state index is -4.11. The molecule has 3 aromatic rings. The Morgan fingerprint density at radius 3 is 2.21 bits per heavy atom. The zero-order chi connectivity index (χ0) is 27.9. The Bertz CT molecular complexity index is 1360. The van der Waals surface area contributed by atoms with Crippen molar-refractivity contribution < 1.29 is 18.0 Å². The van der Waals surface area contributed by atoms with Crippen LogP contribution in [-0.2, 0) is 26.2 Å². The molecule has 0 heterocycles. The predicted molar refractivity (Wildman–Crippen MR) is 152 cm³/mol. The number of amides is 2. The summed E-state index contributed by atoms with van der Waals surface area (Å²) in [6, 6.07) is 19.6. The Hall–Kier alpha value is -3.36. The summed E-state index contributed by atoms with van der Waals surface area (Å²) in [5.41, 5.74) is 3.06. The van der Waals surface area contributed by atoms with Crippen molar-refractivity contribution in [3.8, 4) is 0 Å². The van der Waals surface area contributed by atoms with Crippen LogP contribution in [0.25, 0.3) is 0 Å². The molecule has 0 fully saturated rings. The topological polar surface area (TPSA) is 86.8 Å². The van der Waals surface area contributed by atoms with Gasteiger partial charge in [0.25, 0.3) is 10.0 Å². The number of carbonyl (C=O) groups excluding carboxylic acids is 2. The Balaban J connectivity index is 2.01. The van der Waals surface area contributed by atoms with Gasteiger partial charge in [0.05, 0.1) is 10.6 Å². The molecule has 0 radical (unpaired) electrons. The molecule has 0 spiro atoms. The van der Waals surface area contributed by atoms with E-state index >= 15 is 0 Å². The Kier molecular flexibility index (Phi) is 9.94. The first-order valence-corrected chi connectivity index (χ1v) is 14.3. The van der Waals surface area contributed by atoms with Crippen LogP contribution in [0.1, 0.15) is 37.0 Å². The number of anilines is 1. The third-order valence-corrected chi connectivity index (χ3v) is 8.19. The molecule has 1 N–H and O–H groups in total. The number of hydrogen-bond acceptors (Lipinski definition) is 4. The van der Waals surface area contributed by atoms with E-state index in [-0.39, 0.29) is 17.3 Å². The maximum Gasteiger partial charge on any atom is 0.264 e. The van der Waals surface area contributed by atoms with Crippen LogP contribution in [0, 0.1) is 13.8 Å². The van der Waals surface area contributed by atoms with Gasteiger partial charge in [-0.1, -0.05) is 66.0 Å². The van der Waals surface area contributed by atoms with Crippen molar-refractivity contribution in [2.75, 3.05) is 17.4 Å². The molecule has 0 aliphatic carbocycles. The molecule has 0 saturated carbocycles. The van der Waals surface area contributed by atoms with Gasteiger partial charge in [0, 0.05) is 18.1 Å². The van der Waals surface area contributed by atoms with Gasteiger partial charge >= 0.3 is 0 Å². The molecule has 0 aliphatic rings. The van der Waals surface area contributed by atoms with Gasteiger partial charge < -0.3 is 10.2 Å². The van der Waals surface area contributed by atoms with Gasteiger partial charge in [-0.2, -0.15) is 0 Å². The molecule has 3 rings (SSSR count). The second-order valence-corrected chi connectivity index (χ2v) is 11.6. The Morgan fingerprint density at radius 2 is 1.61 bits per heavy atom. The number of nitrogens with one attached hydrogen (secondary N) is 1. The lowest BCUT2D eigenvalue weighted by Gasteiger charge is -2.32. The first-order chi connectivity index (χ1) is 18.0. The van der Waals surface area contributed by atoms with E-state index in [2.05, 4.69) is 5.32 Å². The van der Waals surface area contributed by atoms with Crippen LogP contribution in [0.2, 0.25) is 5.02 Å². The summed E-state index contributed by atoms with van der Waals surface area (Å²) in [7, 11) is -4.11. The van der Waals surface area contributed by atoms with Crippen molar-refractivity contribution in [2.45, 2.75) is 51.6 Å². The number of benzene rings is 3. The maximum atomic E-state index is 13.8. The number of aryl methyl sites for hydroxylation is 2. The van der Waals surface area contributed by atoms with Gasteiger partial charge in [-0.05, 0) is 69.2 Å². The smallest absolute Gasteiger partial charge is 0.264 e. The molecule has 0 bridgehead atoms. The fourth-order valence-electron chi connectivity index (χ4n) is 3.96. The maximum absolute atomic E-state index is 13.8. The number of carbonyl (C=O) groups is 2. The van der Waals surface area contributed by atoms with Crippen LogP contribution in [0.4, 0.5) is 5.69 Å². The third-order valence-electron chi connectivity index (χ3n) is 6.15. The lowest BCUT2D eigenvalue weighted by atomic mass is 10.1. The van der Waals surface area contributed by atoms with E-state index in [1.54, 1.807) is 43.3 Å². The second-order valence-electron chi connectivity index (χ2n) is 9.28. The summed E-state index contributed by atoms with van der Waals surface area (Å²) in [5, 5.41) is 3.28. The van der Waals surface area contributed by atoms with Crippen LogP contribution >= 0.6 is 11.6 Å². The molecule has 0 aliphatic heterocycles. The first kappa shape index (κ1) is 29.2. The first-order valence-electron chi connectivity index (χ1n) is 12.5. The number of nitrogens with zero attached hydrogens (tertiary/aromatic N) is 2. The van der Waals surface area contributed by atoms with Crippen molar-refractivity contribution in [3.05, 3.63) is 94.5 Å². The molecule has 38 heavy (non-hydrogen) atoms. The summed E-state index contributed by atoms with van der Waals surface area (Å²) in [6.45, 7) is 7.55. The largest absolute Gasteiger partial charge is 0.354 e. The number of sulfonamides is 1. The molecule has 0 saturated heterocycles. The Labute approximate surface area is 230 Å². The standard InChI is InChI=1S/C29H34ClN3O4S/c1-5-17-31-29(35)23(4)32(19-24-8-6-7-22(3)18-24)28(34)20-33(26-13-11-25(30)12-14-26)38(36,37)27-15-9-21(2)10-16-27/h6-16,18,23H,5,17,19-20H2,1-4H3,(H,31,35)/t23-/m1/s1. The molecule has 2 amide bonds. The minimum absolute atomic E-state index is 0.0600. The number of halogens is 1. The molecule has 0 unspecified atom stereocenters. The SMILES string of the molecule is CCCNC(=O)[C@@H](C)N(Cc1cccc(C)c1)C(=O)CN(c1ccc(Cl)cc1)S(=O)(=O)c1ccc(C)cc1.